The van der Waals surface area contributed by atoms with E-state index in [1.807, 2.05) is 0 Å². The fraction of sp³-hybridized carbons (Fsp3) is 0.250. The van der Waals surface area contributed by atoms with Gasteiger partial charge in [0.1, 0.15) is 11.6 Å². The third-order valence-electron chi connectivity index (χ3n) is 1.42. The molecular formula is C8H9FOS. The fourth-order valence-corrected chi connectivity index (χ4v) is 1.04. The van der Waals surface area contributed by atoms with Crippen LogP contribution in [0.15, 0.2) is 18.2 Å². The van der Waals surface area contributed by atoms with Crippen LogP contribution in [-0.4, -0.2) is 7.11 Å². The van der Waals surface area contributed by atoms with Crippen molar-refractivity contribution in [3.63, 3.8) is 0 Å². The average molecular weight is 172 g/mol. The molecule has 0 atom stereocenters. The van der Waals surface area contributed by atoms with Crippen LogP contribution in [0, 0.1) is 5.82 Å². The average Bonchev–Trinajstić information content (AvgIpc) is 2.05. The molecule has 0 aliphatic carbocycles. The highest BCUT2D eigenvalue weighted by Crippen LogP contribution is 2.17. The fourth-order valence-electron chi connectivity index (χ4n) is 0.799. The molecule has 0 saturated carbocycles. The van der Waals surface area contributed by atoms with Gasteiger partial charge in [-0.1, -0.05) is 0 Å². The molecule has 0 amide bonds. The summed E-state index contributed by atoms with van der Waals surface area (Å²) in [6, 6.07) is 4.61. The summed E-state index contributed by atoms with van der Waals surface area (Å²) in [4.78, 5) is 0. The van der Waals surface area contributed by atoms with E-state index in [0.29, 0.717) is 17.1 Å². The van der Waals surface area contributed by atoms with Crippen molar-refractivity contribution in [3.05, 3.63) is 29.6 Å². The SMILES string of the molecule is COc1ccc(F)c(CS)c1. The molecule has 1 nitrogen and oxygen atoms in total. The smallest absolute Gasteiger partial charge is 0.127 e. The van der Waals surface area contributed by atoms with Crippen LogP contribution in [0.3, 0.4) is 0 Å². The first-order valence-corrected chi connectivity index (χ1v) is 3.84. The summed E-state index contributed by atoms with van der Waals surface area (Å²) in [6.45, 7) is 0. The summed E-state index contributed by atoms with van der Waals surface area (Å²) < 4.78 is 17.7. The Kier molecular flexibility index (Phi) is 2.76. The Morgan fingerprint density at radius 1 is 1.55 bits per heavy atom. The van der Waals surface area contributed by atoms with E-state index in [4.69, 9.17) is 4.74 Å². The quantitative estimate of drug-likeness (QED) is 0.673. The first-order chi connectivity index (χ1) is 5.27. The van der Waals surface area contributed by atoms with Gasteiger partial charge < -0.3 is 4.74 Å². The Bertz CT molecular complexity index is 250. The van der Waals surface area contributed by atoms with E-state index < -0.39 is 0 Å². The topological polar surface area (TPSA) is 9.23 Å². The van der Waals surface area contributed by atoms with Gasteiger partial charge in [0, 0.05) is 11.3 Å². The summed E-state index contributed by atoms with van der Waals surface area (Å²) in [5.74, 6) is 0.819. The molecule has 0 heterocycles. The normalized spacial score (nSPS) is 9.73. The van der Waals surface area contributed by atoms with Crippen molar-refractivity contribution in [2.75, 3.05) is 7.11 Å². The second-order valence-corrected chi connectivity index (χ2v) is 2.43. The number of methoxy groups -OCH3 is 1. The highest BCUT2D eigenvalue weighted by atomic mass is 32.1. The molecule has 0 aromatic heterocycles. The molecule has 1 aromatic carbocycles. The van der Waals surface area contributed by atoms with E-state index in [2.05, 4.69) is 12.6 Å². The minimum atomic E-state index is -0.235. The van der Waals surface area contributed by atoms with Crippen LogP contribution in [0.4, 0.5) is 4.39 Å². The Balaban J connectivity index is 3.02. The third-order valence-corrected chi connectivity index (χ3v) is 1.76. The lowest BCUT2D eigenvalue weighted by molar-refractivity contribution is 0.413. The van der Waals surface area contributed by atoms with E-state index in [9.17, 15) is 4.39 Å². The maximum absolute atomic E-state index is 12.8. The minimum absolute atomic E-state index is 0.235. The molecule has 0 spiro atoms. The van der Waals surface area contributed by atoms with Crippen LogP contribution < -0.4 is 4.74 Å². The first kappa shape index (κ1) is 8.40. The van der Waals surface area contributed by atoms with Crippen molar-refractivity contribution < 1.29 is 9.13 Å². The van der Waals surface area contributed by atoms with Crippen molar-refractivity contribution >= 4 is 12.6 Å². The zero-order valence-corrected chi connectivity index (χ0v) is 7.07. The number of halogens is 1. The van der Waals surface area contributed by atoms with Gasteiger partial charge in [-0.05, 0) is 18.2 Å². The van der Waals surface area contributed by atoms with Crippen LogP contribution in [0.25, 0.3) is 0 Å². The summed E-state index contributed by atoms with van der Waals surface area (Å²) >= 11 is 3.97. The molecule has 1 aromatic rings. The molecule has 0 saturated heterocycles. The lowest BCUT2D eigenvalue weighted by Gasteiger charge is -2.02. The molecule has 0 fully saturated rings. The van der Waals surface area contributed by atoms with Crippen molar-refractivity contribution in [2.24, 2.45) is 0 Å². The predicted octanol–water partition coefficient (Wildman–Crippen LogP) is 2.26. The standard InChI is InChI=1S/C8H9FOS/c1-10-7-2-3-8(9)6(4-7)5-11/h2-4,11H,5H2,1H3. The molecule has 0 bridgehead atoms. The van der Waals surface area contributed by atoms with Gasteiger partial charge in [-0.15, -0.1) is 0 Å². The van der Waals surface area contributed by atoms with Gasteiger partial charge in [-0.2, -0.15) is 12.6 Å². The Morgan fingerprint density at radius 2 is 2.27 bits per heavy atom. The number of ether oxygens (including phenoxy) is 1. The van der Waals surface area contributed by atoms with Gasteiger partial charge in [0.05, 0.1) is 7.11 Å². The first-order valence-electron chi connectivity index (χ1n) is 3.21. The van der Waals surface area contributed by atoms with E-state index in [0.717, 1.165) is 0 Å². The molecule has 11 heavy (non-hydrogen) atoms. The van der Waals surface area contributed by atoms with E-state index in [1.54, 1.807) is 19.2 Å². The third kappa shape index (κ3) is 1.87. The largest absolute Gasteiger partial charge is 0.497 e. The van der Waals surface area contributed by atoms with Gasteiger partial charge in [0.25, 0.3) is 0 Å². The maximum atomic E-state index is 12.8. The Morgan fingerprint density at radius 3 is 2.82 bits per heavy atom. The van der Waals surface area contributed by atoms with Crippen LogP contribution in [-0.2, 0) is 5.75 Å². The highest BCUT2D eigenvalue weighted by Gasteiger charge is 2.00. The summed E-state index contributed by atoms with van der Waals surface area (Å²) in [5.41, 5.74) is 0.563. The van der Waals surface area contributed by atoms with Gasteiger partial charge in [-0.25, -0.2) is 4.39 Å². The van der Waals surface area contributed by atoms with Gasteiger partial charge in [0.2, 0.25) is 0 Å². The maximum Gasteiger partial charge on any atom is 0.127 e. The van der Waals surface area contributed by atoms with Gasteiger partial charge in [0.15, 0.2) is 0 Å². The lowest BCUT2D eigenvalue weighted by Crippen LogP contribution is -1.88. The number of rotatable bonds is 2. The van der Waals surface area contributed by atoms with Crippen molar-refractivity contribution in [3.8, 4) is 5.75 Å². The Hall–Kier alpha value is -0.700. The second kappa shape index (κ2) is 3.62. The van der Waals surface area contributed by atoms with Crippen molar-refractivity contribution in [2.45, 2.75) is 5.75 Å². The van der Waals surface area contributed by atoms with Crippen LogP contribution in [0.5, 0.6) is 5.75 Å². The molecule has 3 heteroatoms. The summed E-state index contributed by atoms with van der Waals surface area (Å²) in [7, 11) is 1.55. The van der Waals surface area contributed by atoms with Gasteiger partial charge >= 0.3 is 0 Å². The Labute approximate surface area is 70.6 Å². The minimum Gasteiger partial charge on any atom is -0.497 e. The summed E-state index contributed by atoms with van der Waals surface area (Å²) in [5, 5.41) is 0. The van der Waals surface area contributed by atoms with Crippen LogP contribution >= 0.6 is 12.6 Å². The zero-order chi connectivity index (χ0) is 8.27. The van der Waals surface area contributed by atoms with Crippen LogP contribution in [0.1, 0.15) is 5.56 Å². The molecule has 0 radical (unpaired) electrons. The highest BCUT2D eigenvalue weighted by molar-refractivity contribution is 7.79. The molecule has 0 aliphatic heterocycles. The van der Waals surface area contributed by atoms with E-state index in [-0.39, 0.29) is 5.82 Å². The van der Waals surface area contributed by atoms with Crippen molar-refractivity contribution in [1.29, 1.82) is 0 Å². The van der Waals surface area contributed by atoms with Gasteiger partial charge in [-0.3, -0.25) is 0 Å². The number of thiol groups is 1. The second-order valence-electron chi connectivity index (χ2n) is 2.12. The summed E-state index contributed by atoms with van der Waals surface area (Å²) in [6.07, 6.45) is 0. The molecule has 0 unspecified atom stereocenters. The zero-order valence-electron chi connectivity index (χ0n) is 6.17. The number of hydrogen-bond acceptors (Lipinski definition) is 2. The lowest BCUT2D eigenvalue weighted by atomic mass is 10.2. The molecule has 1 rings (SSSR count). The van der Waals surface area contributed by atoms with Crippen molar-refractivity contribution in [1.82, 2.24) is 0 Å². The molecular weight excluding hydrogens is 163 g/mol. The van der Waals surface area contributed by atoms with E-state index in [1.165, 1.54) is 6.07 Å². The number of benzene rings is 1. The molecule has 60 valence electrons. The molecule has 0 aliphatic rings. The number of hydrogen-bond donors (Lipinski definition) is 1. The molecule has 0 N–H and O–H groups in total. The van der Waals surface area contributed by atoms with Crippen LogP contribution in [0.2, 0.25) is 0 Å². The predicted molar refractivity (Wildman–Crippen MR) is 45.6 cm³/mol. The monoisotopic (exact) mass is 172 g/mol. The van der Waals surface area contributed by atoms with E-state index >= 15 is 0 Å².